The largest absolute Gasteiger partial charge is 0.326 e. The van der Waals surface area contributed by atoms with E-state index in [1.807, 2.05) is 25.9 Å². The van der Waals surface area contributed by atoms with Gasteiger partial charge in [0.1, 0.15) is 4.90 Å². The summed E-state index contributed by atoms with van der Waals surface area (Å²) < 4.78 is 26.9. The zero-order chi connectivity index (χ0) is 16.0. The number of benzene rings is 1. The highest BCUT2D eigenvalue weighted by Gasteiger charge is 2.25. The monoisotopic (exact) mass is 333 g/mol. The molecule has 1 aromatic rings. The highest BCUT2D eigenvalue weighted by molar-refractivity contribution is 7.89. The summed E-state index contributed by atoms with van der Waals surface area (Å²) >= 11 is 6.07. The van der Waals surface area contributed by atoms with Crippen molar-refractivity contribution in [3.63, 3.8) is 0 Å². The van der Waals surface area contributed by atoms with Gasteiger partial charge in [-0.2, -0.15) is 4.31 Å². The fourth-order valence-electron chi connectivity index (χ4n) is 2.02. The molecular weight excluding hydrogens is 310 g/mol. The number of nitrogens with two attached hydrogens (primary N) is 1. The first-order valence-electron chi connectivity index (χ1n) is 6.96. The minimum Gasteiger partial charge on any atom is -0.326 e. The van der Waals surface area contributed by atoms with Crippen LogP contribution in [-0.4, -0.2) is 51.4 Å². The first kappa shape index (κ1) is 18.4. The van der Waals surface area contributed by atoms with Crippen LogP contribution in [0.15, 0.2) is 23.1 Å². The highest BCUT2D eigenvalue weighted by atomic mass is 35.5. The summed E-state index contributed by atoms with van der Waals surface area (Å²) in [4.78, 5) is 2.17. The molecule has 7 heteroatoms. The van der Waals surface area contributed by atoms with Crippen molar-refractivity contribution in [2.75, 3.05) is 33.7 Å². The molecule has 0 saturated heterocycles. The van der Waals surface area contributed by atoms with E-state index in [4.69, 9.17) is 17.3 Å². The van der Waals surface area contributed by atoms with E-state index in [1.165, 1.54) is 4.31 Å². The third-order valence-electron chi connectivity index (χ3n) is 3.21. The molecule has 21 heavy (non-hydrogen) atoms. The second-order valence-electron chi connectivity index (χ2n) is 5.12. The third-order valence-corrected chi connectivity index (χ3v) is 5.67. The molecule has 0 aromatic heterocycles. The molecule has 0 aliphatic rings. The first-order valence-corrected chi connectivity index (χ1v) is 8.78. The Morgan fingerprint density at radius 3 is 2.43 bits per heavy atom. The van der Waals surface area contributed by atoms with Crippen LogP contribution in [-0.2, 0) is 16.6 Å². The van der Waals surface area contributed by atoms with Crippen LogP contribution in [0.4, 0.5) is 0 Å². The molecule has 0 aliphatic carbocycles. The summed E-state index contributed by atoms with van der Waals surface area (Å²) in [6.45, 7) is 3.84. The van der Waals surface area contributed by atoms with E-state index in [1.54, 1.807) is 18.2 Å². The van der Waals surface area contributed by atoms with Crippen molar-refractivity contribution >= 4 is 21.6 Å². The number of nitrogens with zero attached hydrogens (tertiary/aromatic N) is 2. The molecule has 0 amide bonds. The van der Waals surface area contributed by atoms with Crippen LogP contribution in [0.25, 0.3) is 0 Å². The molecule has 0 unspecified atom stereocenters. The molecule has 120 valence electrons. The molecule has 1 rings (SSSR count). The number of rotatable bonds is 8. The predicted molar refractivity (Wildman–Crippen MR) is 86.9 cm³/mol. The Morgan fingerprint density at radius 1 is 1.24 bits per heavy atom. The smallest absolute Gasteiger partial charge is 0.244 e. The summed E-state index contributed by atoms with van der Waals surface area (Å²) in [6.07, 6.45) is 0.772. The number of halogens is 1. The summed E-state index contributed by atoms with van der Waals surface area (Å²) in [5.74, 6) is 0. The molecule has 0 fully saturated rings. The topological polar surface area (TPSA) is 66.6 Å². The Hall–Kier alpha value is -0.660. The van der Waals surface area contributed by atoms with Crippen LogP contribution in [0.3, 0.4) is 0 Å². The molecule has 5 nitrogen and oxygen atoms in total. The summed E-state index contributed by atoms with van der Waals surface area (Å²) in [7, 11) is 0.344. The normalized spacial score (nSPS) is 12.3. The quantitative estimate of drug-likeness (QED) is 0.787. The fraction of sp³-hybridized carbons (Fsp3) is 0.571. The van der Waals surface area contributed by atoms with Gasteiger partial charge < -0.3 is 10.6 Å². The van der Waals surface area contributed by atoms with Crippen molar-refractivity contribution in [2.24, 2.45) is 5.73 Å². The lowest BCUT2D eigenvalue weighted by Crippen LogP contribution is -2.33. The van der Waals surface area contributed by atoms with E-state index in [2.05, 4.69) is 0 Å². The summed E-state index contributed by atoms with van der Waals surface area (Å²) in [5, 5.41) is 0.234. The van der Waals surface area contributed by atoms with Crippen molar-refractivity contribution in [3.05, 3.63) is 28.8 Å². The molecule has 2 N–H and O–H groups in total. The van der Waals surface area contributed by atoms with Crippen LogP contribution in [0.2, 0.25) is 5.02 Å². The highest BCUT2D eigenvalue weighted by Crippen LogP contribution is 2.26. The van der Waals surface area contributed by atoms with Crippen LogP contribution >= 0.6 is 11.6 Å². The maximum absolute atomic E-state index is 12.7. The number of sulfonamides is 1. The summed E-state index contributed by atoms with van der Waals surface area (Å²) in [5.41, 5.74) is 6.33. The van der Waals surface area contributed by atoms with Crippen LogP contribution in [0.1, 0.15) is 18.9 Å². The SMILES string of the molecule is CCN(CCCN(C)C)S(=O)(=O)c1cc(CN)ccc1Cl. The van der Waals surface area contributed by atoms with Gasteiger partial charge in [-0.25, -0.2) is 8.42 Å². The third kappa shape index (κ3) is 4.93. The van der Waals surface area contributed by atoms with Gasteiger partial charge in [-0.3, -0.25) is 0 Å². The van der Waals surface area contributed by atoms with E-state index in [9.17, 15) is 8.42 Å². The zero-order valence-electron chi connectivity index (χ0n) is 12.8. The van der Waals surface area contributed by atoms with E-state index < -0.39 is 10.0 Å². The molecule has 0 spiro atoms. The zero-order valence-corrected chi connectivity index (χ0v) is 14.4. The molecule has 0 heterocycles. The van der Waals surface area contributed by atoms with E-state index >= 15 is 0 Å². The van der Waals surface area contributed by atoms with Gasteiger partial charge in [0, 0.05) is 19.6 Å². The molecule has 0 aliphatic heterocycles. The number of hydrogen-bond donors (Lipinski definition) is 1. The van der Waals surface area contributed by atoms with Gasteiger partial charge in [0.2, 0.25) is 10.0 Å². The Kier molecular flexibility index (Phi) is 7.09. The van der Waals surface area contributed by atoms with Crippen molar-refractivity contribution in [1.29, 1.82) is 0 Å². The lowest BCUT2D eigenvalue weighted by molar-refractivity contribution is 0.356. The average molecular weight is 334 g/mol. The standard InChI is InChI=1S/C14H24ClN3O2S/c1-4-18(9-5-8-17(2)3)21(19,20)14-10-12(11-16)6-7-13(14)15/h6-7,10H,4-5,8-9,11,16H2,1-3H3. The second-order valence-corrected chi connectivity index (χ2v) is 7.44. The summed E-state index contributed by atoms with van der Waals surface area (Å²) in [6, 6.07) is 4.89. The van der Waals surface area contributed by atoms with Crippen LogP contribution in [0, 0.1) is 0 Å². The second kappa shape index (κ2) is 8.10. The predicted octanol–water partition coefficient (Wildman–Crippen LogP) is 1.76. The maximum Gasteiger partial charge on any atom is 0.244 e. The minimum absolute atomic E-state index is 0.138. The molecular formula is C14H24ClN3O2S. The molecule has 0 saturated carbocycles. The van der Waals surface area contributed by atoms with Gasteiger partial charge >= 0.3 is 0 Å². The van der Waals surface area contributed by atoms with Crippen molar-refractivity contribution in [3.8, 4) is 0 Å². The molecule has 0 bridgehead atoms. The van der Waals surface area contributed by atoms with Gasteiger partial charge in [0.15, 0.2) is 0 Å². The van der Waals surface area contributed by atoms with Gasteiger partial charge in [0.25, 0.3) is 0 Å². The van der Waals surface area contributed by atoms with Gasteiger partial charge in [-0.05, 0) is 44.8 Å². The average Bonchev–Trinajstić information content (AvgIpc) is 2.43. The lowest BCUT2D eigenvalue weighted by Gasteiger charge is -2.22. The fourth-order valence-corrected chi connectivity index (χ4v) is 4.04. The van der Waals surface area contributed by atoms with Crippen molar-refractivity contribution < 1.29 is 8.42 Å². The maximum atomic E-state index is 12.7. The number of hydrogen-bond acceptors (Lipinski definition) is 4. The molecule has 0 radical (unpaired) electrons. The minimum atomic E-state index is -3.59. The Morgan fingerprint density at radius 2 is 1.90 bits per heavy atom. The van der Waals surface area contributed by atoms with E-state index in [0.29, 0.717) is 13.1 Å². The van der Waals surface area contributed by atoms with Crippen LogP contribution in [0.5, 0.6) is 0 Å². The Bertz CT molecular complexity index is 561. The van der Waals surface area contributed by atoms with E-state index in [-0.39, 0.29) is 16.5 Å². The Balaban J connectivity index is 3.01. The van der Waals surface area contributed by atoms with Gasteiger partial charge in [-0.15, -0.1) is 0 Å². The van der Waals surface area contributed by atoms with Gasteiger partial charge in [0.05, 0.1) is 5.02 Å². The lowest BCUT2D eigenvalue weighted by atomic mass is 10.2. The first-order chi connectivity index (χ1) is 9.82. The van der Waals surface area contributed by atoms with Crippen LogP contribution < -0.4 is 5.73 Å². The van der Waals surface area contributed by atoms with Crippen molar-refractivity contribution in [2.45, 2.75) is 24.8 Å². The Labute approximate surface area is 132 Å². The van der Waals surface area contributed by atoms with Gasteiger partial charge in [-0.1, -0.05) is 24.6 Å². The molecule has 1 aromatic carbocycles. The molecule has 0 atom stereocenters. The van der Waals surface area contributed by atoms with Crippen molar-refractivity contribution in [1.82, 2.24) is 9.21 Å². The van der Waals surface area contributed by atoms with E-state index in [0.717, 1.165) is 18.5 Å².